The number of sulfone groups is 1. The molecule has 0 amide bonds. The summed E-state index contributed by atoms with van der Waals surface area (Å²) in [6.07, 6.45) is 1.55. The van der Waals surface area contributed by atoms with Gasteiger partial charge in [0.15, 0.2) is 5.65 Å². The van der Waals surface area contributed by atoms with Crippen molar-refractivity contribution in [3.8, 4) is 5.75 Å². The van der Waals surface area contributed by atoms with Crippen LogP contribution in [0.5, 0.6) is 5.75 Å². The highest BCUT2D eigenvalue weighted by molar-refractivity contribution is 7.92. The second-order valence-electron chi connectivity index (χ2n) is 7.71. The predicted molar refractivity (Wildman–Crippen MR) is 132 cm³/mol. The van der Waals surface area contributed by atoms with E-state index in [1.165, 1.54) is 4.68 Å². The molecule has 0 spiro atoms. The van der Waals surface area contributed by atoms with Gasteiger partial charge in [-0.1, -0.05) is 42.0 Å². The van der Waals surface area contributed by atoms with Gasteiger partial charge < -0.3 is 10.5 Å². The number of methoxy groups -OCH3 is 1. The third-order valence-electron chi connectivity index (χ3n) is 5.48. The number of ether oxygens (including phenoxy) is 1. The van der Waals surface area contributed by atoms with Gasteiger partial charge in [-0.25, -0.2) is 18.4 Å². The van der Waals surface area contributed by atoms with Crippen molar-refractivity contribution in [3.05, 3.63) is 83.9 Å². The van der Waals surface area contributed by atoms with Crippen molar-refractivity contribution < 1.29 is 13.2 Å². The van der Waals surface area contributed by atoms with E-state index in [0.717, 1.165) is 5.56 Å². The standard InChI is InChI=1S/C25H21N5O3S/c1-16-11-13-18(14-12-16)34(31,32)23-22-25(29-20-9-5-4-8-19(20)28-22)30(24(23)26)27-15-17-7-3-6-10-21(17)33-2/h3-15H,26H2,1-2H3/b27-15+. The highest BCUT2D eigenvalue weighted by Crippen LogP contribution is 2.35. The number of rotatable bonds is 5. The molecule has 2 heterocycles. The highest BCUT2D eigenvalue weighted by Gasteiger charge is 2.30. The monoisotopic (exact) mass is 471 g/mol. The number of nitrogens with two attached hydrogens (primary N) is 1. The maximum atomic E-state index is 13.7. The quantitative estimate of drug-likeness (QED) is 0.385. The zero-order valence-electron chi connectivity index (χ0n) is 18.5. The zero-order valence-corrected chi connectivity index (χ0v) is 19.3. The summed E-state index contributed by atoms with van der Waals surface area (Å²) in [4.78, 5) is 9.26. The first kappa shape index (κ1) is 21.6. The molecule has 2 N–H and O–H groups in total. The van der Waals surface area contributed by atoms with Gasteiger partial charge in [0.1, 0.15) is 22.0 Å². The van der Waals surface area contributed by atoms with Crippen LogP contribution in [0.1, 0.15) is 11.1 Å². The lowest BCUT2D eigenvalue weighted by molar-refractivity contribution is 0.414. The molecule has 8 nitrogen and oxygen atoms in total. The molecule has 0 fully saturated rings. The minimum Gasteiger partial charge on any atom is -0.496 e. The molecule has 3 aromatic carbocycles. The van der Waals surface area contributed by atoms with Crippen molar-refractivity contribution in [2.75, 3.05) is 12.8 Å². The van der Waals surface area contributed by atoms with Crippen LogP contribution < -0.4 is 10.5 Å². The van der Waals surface area contributed by atoms with Crippen LogP contribution in [0, 0.1) is 6.92 Å². The highest BCUT2D eigenvalue weighted by atomic mass is 32.2. The number of nitrogens with zero attached hydrogens (tertiary/aromatic N) is 4. The van der Waals surface area contributed by atoms with Crippen molar-refractivity contribution in [2.45, 2.75) is 16.7 Å². The van der Waals surface area contributed by atoms with E-state index in [1.54, 1.807) is 55.8 Å². The molecule has 9 heteroatoms. The number of hydrogen-bond acceptors (Lipinski definition) is 7. The van der Waals surface area contributed by atoms with E-state index in [0.29, 0.717) is 22.3 Å². The van der Waals surface area contributed by atoms with E-state index in [9.17, 15) is 8.42 Å². The van der Waals surface area contributed by atoms with E-state index in [-0.39, 0.29) is 26.8 Å². The van der Waals surface area contributed by atoms with E-state index in [1.807, 2.05) is 37.3 Å². The fourth-order valence-corrected chi connectivity index (χ4v) is 5.22. The Bertz CT molecular complexity index is 1670. The number of aryl methyl sites for hydroxylation is 1. The Labute approximate surface area is 196 Å². The maximum Gasteiger partial charge on any atom is 0.212 e. The molecule has 0 bridgehead atoms. The third-order valence-corrected chi connectivity index (χ3v) is 7.31. The number of benzene rings is 3. The zero-order chi connectivity index (χ0) is 23.9. The van der Waals surface area contributed by atoms with Gasteiger partial charge in [-0.2, -0.15) is 9.78 Å². The second kappa shape index (κ2) is 8.27. The van der Waals surface area contributed by atoms with Crippen LogP contribution >= 0.6 is 0 Å². The molecule has 0 aliphatic carbocycles. The van der Waals surface area contributed by atoms with Gasteiger partial charge in [-0.3, -0.25) is 0 Å². The molecular weight excluding hydrogens is 450 g/mol. The van der Waals surface area contributed by atoms with Crippen molar-refractivity contribution in [2.24, 2.45) is 5.10 Å². The Kier molecular flexibility index (Phi) is 5.25. The average Bonchev–Trinajstić information content (AvgIpc) is 3.12. The smallest absolute Gasteiger partial charge is 0.212 e. The molecule has 0 atom stereocenters. The van der Waals surface area contributed by atoms with Crippen LogP contribution in [0.15, 0.2) is 87.7 Å². The van der Waals surface area contributed by atoms with E-state index >= 15 is 0 Å². The van der Waals surface area contributed by atoms with Crippen LogP contribution in [-0.4, -0.2) is 36.4 Å². The topological polar surface area (TPSA) is 112 Å². The van der Waals surface area contributed by atoms with Gasteiger partial charge >= 0.3 is 0 Å². The molecular formula is C25H21N5O3S. The molecule has 34 heavy (non-hydrogen) atoms. The van der Waals surface area contributed by atoms with Crippen LogP contribution in [-0.2, 0) is 9.84 Å². The van der Waals surface area contributed by atoms with Crippen LogP contribution in [0.25, 0.3) is 22.2 Å². The summed E-state index contributed by atoms with van der Waals surface area (Å²) >= 11 is 0. The van der Waals surface area contributed by atoms with Gasteiger partial charge in [0, 0.05) is 5.56 Å². The van der Waals surface area contributed by atoms with Crippen LogP contribution in [0.2, 0.25) is 0 Å². The SMILES string of the molecule is COc1ccccc1/C=N/n1c(N)c(S(=O)(=O)c2ccc(C)cc2)c2nc3ccccc3nc21. The first-order valence-electron chi connectivity index (χ1n) is 10.5. The van der Waals surface area contributed by atoms with Gasteiger partial charge in [0.05, 0.1) is 29.3 Å². The molecule has 0 saturated heterocycles. The lowest BCUT2D eigenvalue weighted by Gasteiger charge is -2.06. The van der Waals surface area contributed by atoms with Crippen molar-refractivity contribution in [3.63, 3.8) is 0 Å². The normalized spacial score (nSPS) is 12.1. The molecule has 0 aliphatic heterocycles. The van der Waals surface area contributed by atoms with Gasteiger partial charge in [-0.05, 0) is 43.3 Å². The number of anilines is 1. The number of aromatic nitrogens is 3. The Hall–Kier alpha value is -4.24. The molecule has 5 aromatic rings. The van der Waals surface area contributed by atoms with Crippen molar-refractivity contribution in [1.29, 1.82) is 0 Å². The summed E-state index contributed by atoms with van der Waals surface area (Å²) in [6, 6.07) is 21.1. The summed E-state index contributed by atoms with van der Waals surface area (Å²) in [5.74, 6) is 0.544. The van der Waals surface area contributed by atoms with Gasteiger partial charge in [0.2, 0.25) is 9.84 Å². The van der Waals surface area contributed by atoms with Gasteiger partial charge in [0.25, 0.3) is 0 Å². The van der Waals surface area contributed by atoms with E-state index in [4.69, 9.17) is 10.5 Å². The van der Waals surface area contributed by atoms with Gasteiger partial charge in [-0.15, -0.1) is 0 Å². The van der Waals surface area contributed by atoms with Crippen molar-refractivity contribution in [1.82, 2.24) is 14.6 Å². The third kappa shape index (κ3) is 3.56. The first-order valence-corrected chi connectivity index (χ1v) is 11.9. The average molecular weight is 472 g/mol. The Morgan fingerprint density at radius 1 is 0.941 bits per heavy atom. The number of nitrogen functional groups attached to an aromatic ring is 1. The minimum absolute atomic E-state index is 0.0722. The molecule has 0 unspecified atom stereocenters. The number of hydrogen-bond donors (Lipinski definition) is 1. The number of fused-ring (bicyclic) bond motifs is 2. The second-order valence-corrected chi connectivity index (χ2v) is 9.60. The molecule has 5 rings (SSSR count). The maximum absolute atomic E-state index is 13.7. The molecule has 0 saturated carbocycles. The lowest BCUT2D eigenvalue weighted by atomic mass is 10.2. The molecule has 0 aliphatic rings. The summed E-state index contributed by atoms with van der Waals surface area (Å²) < 4.78 is 34.0. The van der Waals surface area contributed by atoms with E-state index in [2.05, 4.69) is 15.1 Å². The largest absolute Gasteiger partial charge is 0.496 e. The number of para-hydroxylation sites is 3. The fraction of sp³-hybridized carbons (Fsp3) is 0.0800. The summed E-state index contributed by atoms with van der Waals surface area (Å²) in [6.45, 7) is 1.89. The van der Waals surface area contributed by atoms with E-state index < -0.39 is 9.84 Å². The Balaban J connectivity index is 1.79. The molecule has 170 valence electrons. The minimum atomic E-state index is -4.00. The summed E-state index contributed by atoms with van der Waals surface area (Å²) in [7, 11) is -2.44. The first-order chi connectivity index (χ1) is 16.4. The molecule has 2 aromatic heterocycles. The van der Waals surface area contributed by atoms with Crippen LogP contribution in [0.4, 0.5) is 5.82 Å². The Morgan fingerprint density at radius 3 is 2.29 bits per heavy atom. The summed E-state index contributed by atoms with van der Waals surface area (Å²) in [5, 5.41) is 4.48. The predicted octanol–water partition coefficient (Wildman–Crippen LogP) is 4.20. The summed E-state index contributed by atoms with van der Waals surface area (Å²) in [5.41, 5.74) is 9.63. The van der Waals surface area contributed by atoms with Crippen LogP contribution in [0.3, 0.4) is 0 Å². The Morgan fingerprint density at radius 2 is 1.59 bits per heavy atom. The fourth-order valence-electron chi connectivity index (χ4n) is 3.73. The lowest BCUT2D eigenvalue weighted by Crippen LogP contribution is -2.06. The molecule has 0 radical (unpaired) electrons. The van der Waals surface area contributed by atoms with Crippen molar-refractivity contribution >= 4 is 44.1 Å².